The van der Waals surface area contributed by atoms with Gasteiger partial charge in [0.2, 0.25) is 0 Å². The number of nitrogens with one attached hydrogen (secondary N) is 1. The second kappa shape index (κ2) is 3.02. The number of halogens is 1. The molecule has 0 radical (unpaired) electrons. The quantitative estimate of drug-likeness (QED) is 0.637. The van der Waals surface area contributed by atoms with Gasteiger partial charge in [0.1, 0.15) is 10.8 Å². The lowest BCUT2D eigenvalue weighted by Crippen LogP contribution is -2.15. The van der Waals surface area contributed by atoms with Crippen molar-refractivity contribution in [2.75, 3.05) is 0 Å². The van der Waals surface area contributed by atoms with Gasteiger partial charge in [-0.05, 0) is 6.92 Å². The fourth-order valence-electron chi connectivity index (χ4n) is 0.726. The molecule has 0 aliphatic rings. The normalized spacial score (nSPS) is 10.1. The van der Waals surface area contributed by atoms with Crippen molar-refractivity contribution >= 4 is 11.6 Å². The summed E-state index contributed by atoms with van der Waals surface area (Å²) in [4.78, 5) is 17.3. The molecule has 5 heteroatoms. The Morgan fingerprint density at radius 1 is 1.73 bits per heavy atom. The Kier molecular flexibility index (Phi) is 2.26. The molecule has 0 bridgehead atoms. The zero-order valence-electron chi connectivity index (χ0n) is 6.02. The maximum Gasteiger partial charge on any atom is 0.269 e. The van der Waals surface area contributed by atoms with Crippen LogP contribution in [0.3, 0.4) is 0 Å². The lowest BCUT2D eigenvalue weighted by Gasteiger charge is -1.98. The first-order valence-electron chi connectivity index (χ1n) is 3.10. The Labute approximate surface area is 68.4 Å². The maximum absolute atomic E-state index is 10.9. The summed E-state index contributed by atoms with van der Waals surface area (Å²) in [6, 6.07) is 0. The zero-order valence-corrected chi connectivity index (χ0v) is 6.77. The molecule has 0 amide bonds. The van der Waals surface area contributed by atoms with Gasteiger partial charge in [0, 0.05) is 0 Å². The highest BCUT2D eigenvalue weighted by molar-refractivity contribution is 6.30. The van der Waals surface area contributed by atoms with Gasteiger partial charge in [-0.2, -0.15) is 0 Å². The Balaban J connectivity index is 3.32. The van der Waals surface area contributed by atoms with Crippen LogP contribution in [0.25, 0.3) is 0 Å². The van der Waals surface area contributed by atoms with Crippen molar-refractivity contribution in [3.8, 4) is 0 Å². The van der Waals surface area contributed by atoms with Crippen molar-refractivity contribution in [3.63, 3.8) is 0 Å². The van der Waals surface area contributed by atoms with Crippen molar-refractivity contribution in [1.29, 1.82) is 0 Å². The van der Waals surface area contributed by atoms with Gasteiger partial charge in [0.05, 0.1) is 12.2 Å². The van der Waals surface area contributed by atoms with E-state index in [-0.39, 0.29) is 17.1 Å². The number of aromatic nitrogens is 2. The highest BCUT2D eigenvalue weighted by atomic mass is 35.5. The molecule has 0 aliphatic heterocycles. The molecular weight excluding hydrogens is 166 g/mol. The summed E-state index contributed by atoms with van der Waals surface area (Å²) < 4.78 is 0. The number of aryl methyl sites for hydroxylation is 1. The van der Waals surface area contributed by atoms with Gasteiger partial charge in [0.25, 0.3) is 5.56 Å². The standard InChI is InChI=1S/C6H8ClN3O/c1-3-5(7)6(11)10-4(2-8)9-3/h2,8H2,1H3,(H,9,10,11). The SMILES string of the molecule is Cc1nc(CN)[nH]c(=O)c1Cl. The lowest BCUT2D eigenvalue weighted by molar-refractivity contribution is 0.875. The Morgan fingerprint density at radius 2 is 2.36 bits per heavy atom. The molecule has 0 fully saturated rings. The molecule has 0 saturated carbocycles. The van der Waals surface area contributed by atoms with E-state index < -0.39 is 0 Å². The highest BCUT2D eigenvalue weighted by Crippen LogP contribution is 2.04. The van der Waals surface area contributed by atoms with Crippen LogP contribution in [0, 0.1) is 6.92 Å². The summed E-state index contributed by atoms with van der Waals surface area (Å²) >= 11 is 5.56. The second-order valence-corrected chi connectivity index (χ2v) is 2.49. The first kappa shape index (κ1) is 8.23. The molecule has 1 heterocycles. The van der Waals surface area contributed by atoms with E-state index in [1.807, 2.05) is 0 Å². The molecule has 1 aromatic rings. The fourth-order valence-corrected chi connectivity index (χ4v) is 0.816. The third kappa shape index (κ3) is 1.58. The smallest absolute Gasteiger partial charge is 0.269 e. The molecule has 11 heavy (non-hydrogen) atoms. The van der Waals surface area contributed by atoms with Crippen LogP contribution >= 0.6 is 11.6 Å². The van der Waals surface area contributed by atoms with Gasteiger partial charge in [-0.3, -0.25) is 4.79 Å². The number of nitrogens with zero attached hydrogens (tertiary/aromatic N) is 1. The number of H-pyrrole nitrogens is 1. The van der Waals surface area contributed by atoms with Crippen LogP contribution in [0.4, 0.5) is 0 Å². The zero-order chi connectivity index (χ0) is 8.43. The van der Waals surface area contributed by atoms with Crippen molar-refractivity contribution in [3.05, 3.63) is 26.9 Å². The average molecular weight is 174 g/mol. The van der Waals surface area contributed by atoms with Crippen LogP contribution in [0.1, 0.15) is 11.5 Å². The molecule has 0 aliphatic carbocycles. The summed E-state index contributed by atoms with van der Waals surface area (Å²) in [7, 11) is 0. The molecule has 4 nitrogen and oxygen atoms in total. The summed E-state index contributed by atoms with van der Waals surface area (Å²) in [6.07, 6.45) is 0. The van der Waals surface area contributed by atoms with Crippen LogP contribution in [0.2, 0.25) is 5.02 Å². The average Bonchev–Trinajstić information content (AvgIpc) is 1.99. The molecule has 0 unspecified atom stereocenters. The highest BCUT2D eigenvalue weighted by Gasteiger charge is 2.02. The molecular formula is C6H8ClN3O. The van der Waals surface area contributed by atoms with E-state index in [1.165, 1.54) is 0 Å². The van der Waals surface area contributed by atoms with Gasteiger partial charge in [0.15, 0.2) is 0 Å². The molecule has 3 N–H and O–H groups in total. The van der Waals surface area contributed by atoms with Gasteiger partial charge in [-0.1, -0.05) is 11.6 Å². The van der Waals surface area contributed by atoms with Crippen LogP contribution in [0.5, 0.6) is 0 Å². The van der Waals surface area contributed by atoms with E-state index in [0.717, 1.165) is 0 Å². The predicted molar refractivity (Wildman–Crippen MR) is 42.5 cm³/mol. The molecule has 1 rings (SSSR count). The minimum atomic E-state index is -0.334. The van der Waals surface area contributed by atoms with E-state index in [4.69, 9.17) is 17.3 Å². The first-order valence-corrected chi connectivity index (χ1v) is 3.48. The maximum atomic E-state index is 10.9. The number of nitrogens with two attached hydrogens (primary N) is 1. The van der Waals surface area contributed by atoms with Gasteiger partial charge in [-0.25, -0.2) is 4.98 Å². The topological polar surface area (TPSA) is 71.8 Å². The fraction of sp³-hybridized carbons (Fsp3) is 0.333. The van der Waals surface area contributed by atoms with Crippen molar-refractivity contribution in [2.45, 2.75) is 13.5 Å². The second-order valence-electron chi connectivity index (χ2n) is 2.12. The number of aromatic amines is 1. The molecule has 0 saturated heterocycles. The third-order valence-corrected chi connectivity index (χ3v) is 1.72. The van der Waals surface area contributed by atoms with E-state index in [0.29, 0.717) is 11.5 Å². The van der Waals surface area contributed by atoms with Crippen molar-refractivity contribution in [2.24, 2.45) is 5.73 Å². The summed E-state index contributed by atoms with van der Waals surface area (Å²) in [6.45, 7) is 1.88. The van der Waals surface area contributed by atoms with Crippen LogP contribution in [0.15, 0.2) is 4.79 Å². The summed E-state index contributed by atoms with van der Waals surface area (Å²) in [5, 5.41) is 0.127. The summed E-state index contributed by atoms with van der Waals surface area (Å²) in [5.74, 6) is 0.455. The molecule has 1 aromatic heterocycles. The van der Waals surface area contributed by atoms with Gasteiger partial charge in [-0.15, -0.1) is 0 Å². The molecule has 60 valence electrons. The minimum absolute atomic E-state index is 0.127. The van der Waals surface area contributed by atoms with Gasteiger partial charge >= 0.3 is 0 Å². The lowest BCUT2D eigenvalue weighted by atomic mass is 10.4. The number of hydrogen-bond acceptors (Lipinski definition) is 3. The molecule has 0 spiro atoms. The van der Waals surface area contributed by atoms with Crippen LogP contribution in [-0.4, -0.2) is 9.97 Å². The van der Waals surface area contributed by atoms with Crippen molar-refractivity contribution < 1.29 is 0 Å². The Bertz CT molecular complexity index is 320. The van der Waals surface area contributed by atoms with E-state index in [1.54, 1.807) is 6.92 Å². The Morgan fingerprint density at radius 3 is 2.82 bits per heavy atom. The van der Waals surface area contributed by atoms with E-state index >= 15 is 0 Å². The number of hydrogen-bond donors (Lipinski definition) is 2. The monoisotopic (exact) mass is 173 g/mol. The van der Waals surface area contributed by atoms with Gasteiger partial charge < -0.3 is 10.7 Å². The third-order valence-electron chi connectivity index (χ3n) is 1.27. The molecule has 0 aromatic carbocycles. The number of rotatable bonds is 1. The minimum Gasteiger partial charge on any atom is -0.324 e. The predicted octanol–water partition coefficient (Wildman–Crippen LogP) is 0.190. The largest absolute Gasteiger partial charge is 0.324 e. The van der Waals surface area contributed by atoms with Crippen molar-refractivity contribution in [1.82, 2.24) is 9.97 Å². The molecule has 0 atom stereocenters. The van der Waals surface area contributed by atoms with Crippen LogP contribution < -0.4 is 11.3 Å². The summed E-state index contributed by atoms with van der Waals surface area (Å²) in [5.41, 5.74) is 5.44. The van der Waals surface area contributed by atoms with E-state index in [2.05, 4.69) is 9.97 Å². The Hall–Kier alpha value is -0.870. The van der Waals surface area contributed by atoms with Crippen LogP contribution in [-0.2, 0) is 6.54 Å². The van der Waals surface area contributed by atoms with E-state index in [9.17, 15) is 4.79 Å². The first-order chi connectivity index (χ1) is 5.15.